The first-order valence-corrected chi connectivity index (χ1v) is 9.07. The Balaban J connectivity index is 1.75. The van der Waals surface area contributed by atoms with Gasteiger partial charge < -0.3 is 19.0 Å². The van der Waals surface area contributed by atoms with Crippen LogP contribution in [0.4, 0.5) is 0 Å². The van der Waals surface area contributed by atoms with Gasteiger partial charge in [-0.2, -0.15) is 0 Å². The van der Waals surface area contributed by atoms with Crippen molar-refractivity contribution < 1.29 is 19.0 Å². The molecule has 132 valence electrons. The van der Waals surface area contributed by atoms with E-state index in [0.717, 1.165) is 38.4 Å². The Morgan fingerprint density at radius 2 is 2.00 bits per heavy atom. The quantitative estimate of drug-likeness (QED) is 0.561. The maximum Gasteiger partial charge on any atom is 0.176 e. The Kier molecular flexibility index (Phi) is 5.69. The van der Waals surface area contributed by atoms with Crippen molar-refractivity contribution in [3.8, 4) is 0 Å². The zero-order valence-corrected chi connectivity index (χ0v) is 14.5. The van der Waals surface area contributed by atoms with Gasteiger partial charge in [0.2, 0.25) is 0 Å². The van der Waals surface area contributed by atoms with E-state index in [2.05, 4.69) is 19.1 Å². The maximum atomic E-state index is 10.8. The van der Waals surface area contributed by atoms with Crippen molar-refractivity contribution in [2.45, 2.75) is 63.9 Å². The second-order valence-electron chi connectivity index (χ2n) is 7.10. The van der Waals surface area contributed by atoms with Crippen molar-refractivity contribution >= 4 is 6.29 Å². The average Bonchev–Trinajstić information content (AvgIpc) is 3.08. The number of aldehydes is 1. The highest BCUT2D eigenvalue weighted by atomic mass is 16.7. The van der Waals surface area contributed by atoms with E-state index >= 15 is 0 Å². The zero-order chi connectivity index (χ0) is 16.9. The fourth-order valence-electron chi connectivity index (χ4n) is 4.24. The number of ether oxygens (including phenoxy) is 3. The third kappa shape index (κ3) is 3.41. The van der Waals surface area contributed by atoms with Crippen LogP contribution in [-0.2, 0) is 25.6 Å². The molecule has 1 aromatic carbocycles. The SMILES string of the molecule is C[C@]1(CCCC=O)[C@H](OCc2ccccc2)CCCC12OCCO2. The summed E-state index contributed by atoms with van der Waals surface area (Å²) >= 11 is 0. The largest absolute Gasteiger partial charge is 0.373 e. The number of rotatable bonds is 7. The summed E-state index contributed by atoms with van der Waals surface area (Å²) < 4.78 is 18.6. The van der Waals surface area contributed by atoms with Gasteiger partial charge in [-0.15, -0.1) is 0 Å². The van der Waals surface area contributed by atoms with Crippen LogP contribution in [0, 0.1) is 5.41 Å². The average molecular weight is 332 g/mol. The number of hydrogen-bond acceptors (Lipinski definition) is 4. The van der Waals surface area contributed by atoms with E-state index in [1.165, 1.54) is 5.56 Å². The lowest BCUT2D eigenvalue weighted by molar-refractivity contribution is -0.289. The highest BCUT2D eigenvalue weighted by Crippen LogP contribution is 2.53. The molecule has 0 radical (unpaired) electrons. The van der Waals surface area contributed by atoms with Gasteiger partial charge >= 0.3 is 0 Å². The third-order valence-electron chi connectivity index (χ3n) is 5.62. The highest BCUT2D eigenvalue weighted by Gasteiger charge is 2.58. The number of hydrogen-bond donors (Lipinski definition) is 0. The molecule has 1 saturated carbocycles. The van der Waals surface area contributed by atoms with E-state index in [1.54, 1.807) is 0 Å². The van der Waals surface area contributed by atoms with E-state index in [4.69, 9.17) is 14.2 Å². The zero-order valence-electron chi connectivity index (χ0n) is 14.5. The first kappa shape index (κ1) is 17.6. The van der Waals surface area contributed by atoms with Gasteiger partial charge in [-0.3, -0.25) is 0 Å². The molecule has 2 aliphatic rings. The molecule has 0 N–H and O–H groups in total. The smallest absolute Gasteiger partial charge is 0.176 e. The molecule has 1 aliphatic carbocycles. The van der Waals surface area contributed by atoms with Crippen LogP contribution in [-0.4, -0.2) is 31.4 Å². The molecule has 1 aliphatic heterocycles. The minimum absolute atomic E-state index is 0.0798. The third-order valence-corrected chi connectivity index (χ3v) is 5.62. The molecule has 3 rings (SSSR count). The van der Waals surface area contributed by atoms with E-state index < -0.39 is 5.79 Å². The Morgan fingerprint density at radius 3 is 2.71 bits per heavy atom. The Hall–Kier alpha value is -1.23. The minimum atomic E-state index is -0.546. The Labute approximate surface area is 144 Å². The van der Waals surface area contributed by atoms with Gasteiger partial charge in [0.15, 0.2) is 5.79 Å². The van der Waals surface area contributed by atoms with Crippen LogP contribution in [0.1, 0.15) is 51.0 Å². The van der Waals surface area contributed by atoms with Crippen molar-refractivity contribution in [2.75, 3.05) is 13.2 Å². The lowest BCUT2D eigenvalue weighted by atomic mass is 9.65. The van der Waals surface area contributed by atoms with Crippen LogP contribution in [0.15, 0.2) is 30.3 Å². The highest BCUT2D eigenvalue weighted by molar-refractivity contribution is 5.49. The van der Waals surface area contributed by atoms with Gasteiger partial charge in [-0.05, 0) is 31.2 Å². The molecular formula is C20H28O4. The fourth-order valence-corrected chi connectivity index (χ4v) is 4.24. The lowest BCUT2D eigenvalue weighted by Crippen LogP contribution is -2.57. The lowest BCUT2D eigenvalue weighted by Gasteiger charge is -2.52. The molecule has 0 aromatic heterocycles. The van der Waals surface area contributed by atoms with Crippen molar-refractivity contribution in [1.29, 1.82) is 0 Å². The van der Waals surface area contributed by atoms with E-state index in [0.29, 0.717) is 26.2 Å². The molecule has 24 heavy (non-hydrogen) atoms. The molecule has 2 fully saturated rings. The molecule has 0 bridgehead atoms. The van der Waals surface area contributed by atoms with Crippen LogP contribution in [0.5, 0.6) is 0 Å². The van der Waals surface area contributed by atoms with Gasteiger partial charge in [-0.25, -0.2) is 0 Å². The number of benzene rings is 1. The Bertz CT molecular complexity index is 524. The molecule has 1 aromatic rings. The molecular weight excluding hydrogens is 304 g/mol. The molecule has 0 unspecified atom stereocenters. The van der Waals surface area contributed by atoms with Gasteiger partial charge in [0.1, 0.15) is 6.29 Å². The molecule has 0 amide bonds. The summed E-state index contributed by atoms with van der Waals surface area (Å²) in [7, 11) is 0. The van der Waals surface area contributed by atoms with E-state index in [-0.39, 0.29) is 11.5 Å². The fraction of sp³-hybridized carbons (Fsp3) is 0.650. The van der Waals surface area contributed by atoms with E-state index in [1.807, 2.05) is 18.2 Å². The van der Waals surface area contributed by atoms with Crippen LogP contribution >= 0.6 is 0 Å². The molecule has 4 heteroatoms. The summed E-state index contributed by atoms with van der Waals surface area (Å²) in [5.74, 6) is -0.546. The topological polar surface area (TPSA) is 44.8 Å². The second-order valence-corrected chi connectivity index (χ2v) is 7.10. The van der Waals surface area contributed by atoms with Crippen molar-refractivity contribution in [3.63, 3.8) is 0 Å². The second kappa shape index (κ2) is 7.77. The number of carbonyl (C=O) groups is 1. The van der Waals surface area contributed by atoms with Crippen LogP contribution in [0.3, 0.4) is 0 Å². The summed E-state index contributed by atoms with van der Waals surface area (Å²) in [5.41, 5.74) is 0.958. The normalized spacial score (nSPS) is 29.0. The summed E-state index contributed by atoms with van der Waals surface area (Å²) in [6, 6.07) is 10.3. The first-order chi connectivity index (χ1) is 11.7. The van der Waals surface area contributed by atoms with Gasteiger partial charge in [-0.1, -0.05) is 37.3 Å². The molecule has 4 nitrogen and oxygen atoms in total. The molecule has 1 spiro atoms. The molecule has 1 heterocycles. The van der Waals surface area contributed by atoms with Gasteiger partial charge in [0.25, 0.3) is 0 Å². The molecule has 1 saturated heterocycles. The van der Waals surface area contributed by atoms with Crippen LogP contribution in [0.25, 0.3) is 0 Å². The summed E-state index contributed by atoms with van der Waals surface area (Å²) in [4.78, 5) is 10.8. The number of carbonyl (C=O) groups excluding carboxylic acids is 1. The predicted octanol–water partition coefficient (Wildman–Crippen LogP) is 3.87. The monoisotopic (exact) mass is 332 g/mol. The van der Waals surface area contributed by atoms with Crippen molar-refractivity contribution in [3.05, 3.63) is 35.9 Å². The summed E-state index contributed by atoms with van der Waals surface area (Å²) in [5, 5.41) is 0. The standard InChI is InChI=1S/C20H28O4/c1-19(11-5-6-13-21)18(22-16-17-8-3-2-4-9-17)10-7-12-20(19)23-14-15-24-20/h2-4,8-9,13,18H,5-7,10-12,14-16H2,1H3/t18-,19+/m1/s1. The Morgan fingerprint density at radius 1 is 1.25 bits per heavy atom. The maximum absolute atomic E-state index is 10.8. The summed E-state index contributed by atoms with van der Waals surface area (Å²) in [6.07, 6.45) is 6.35. The minimum Gasteiger partial charge on any atom is -0.373 e. The van der Waals surface area contributed by atoms with E-state index in [9.17, 15) is 4.79 Å². The first-order valence-electron chi connectivity index (χ1n) is 9.07. The van der Waals surface area contributed by atoms with Crippen molar-refractivity contribution in [2.24, 2.45) is 5.41 Å². The predicted molar refractivity (Wildman–Crippen MR) is 91.5 cm³/mol. The van der Waals surface area contributed by atoms with Gasteiger partial charge in [0, 0.05) is 18.3 Å². The van der Waals surface area contributed by atoms with Crippen LogP contribution < -0.4 is 0 Å². The van der Waals surface area contributed by atoms with Gasteiger partial charge in [0.05, 0.1) is 25.9 Å². The summed E-state index contributed by atoms with van der Waals surface area (Å²) in [6.45, 7) is 4.12. The number of unbranched alkanes of at least 4 members (excludes halogenated alkanes) is 1. The molecule has 2 atom stereocenters. The van der Waals surface area contributed by atoms with Crippen molar-refractivity contribution in [1.82, 2.24) is 0 Å². The van der Waals surface area contributed by atoms with Crippen LogP contribution in [0.2, 0.25) is 0 Å².